The van der Waals surface area contributed by atoms with Gasteiger partial charge in [0.05, 0.1) is 12.7 Å². The zero-order valence-electron chi connectivity index (χ0n) is 7.13. The number of aryl methyl sites for hydroxylation is 1. The molecule has 0 aromatic heterocycles. The van der Waals surface area contributed by atoms with E-state index in [1.54, 1.807) is 6.07 Å². The van der Waals surface area contributed by atoms with Crippen LogP contribution in [0.2, 0.25) is 0 Å². The molecule has 0 aliphatic rings. The van der Waals surface area contributed by atoms with Crippen LogP contribution in [0, 0.1) is 6.92 Å². The molecule has 0 bridgehead atoms. The summed E-state index contributed by atoms with van der Waals surface area (Å²) in [6.45, 7) is 1.88. The van der Waals surface area contributed by atoms with Crippen LogP contribution in [0.4, 0.5) is 0 Å². The molecule has 0 heterocycles. The van der Waals surface area contributed by atoms with E-state index in [4.69, 9.17) is 0 Å². The molecular weight excluding hydrogens is 156 g/mol. The van der Waals surface area contributed by atoms with Gasteiger partial charge in [-0.1, -0.05) is 18.2 Å². The summed E-state index contributed by atoms with van der Waals surface area (Å²) >= 11 is 0. The molecule has 0 radical (unpaired) electrons. The first-order valence-electron chi connectivity index (χ1n) is 3.39. The van der Waals surface area contributed by atoms with E-state index in [-0.39, 0.29) is 11.4 Å². The van der Waals surface area contributed by atoms with E-state index in [2.05, 4.69) is 4.74 Å². The summed E-state index contributed by atoms with van der Waals surface area (Å²) in [4.78, 5) is 11.0. The highest BCUT2D eigenvalue weighted by molar-refractivity contribution is 5.90. The number of esters is 1. The van der Waals surface area contributed by atoms with Crippen LogP contribution in [0.25, 0.3) is 0 Å². The molecule has 0 saturated carbocycles. The van der Waals surface area contributed by atoms with Gasteiger partial charge in [0.15, 0.2) is 0 Å². The molecule has 1 aromatic rings. The molecule has 0 aliphatic heterocycles. The number of methoxy groups -OCH3 is 1. The van der Waals surface area contributed by atoms with Gasteiger partial charge in [0.2, 0.25) is 0 Å². The lowest BCUT2D eigenvalue weighted by atomic mass is 10.1. The molecule has 1 aromatic carbocycles. The van der Waals surface area contributed by atoms with Gasteiger partial charge in [-0.25, -0.2) is 4.79 Å². The summed E-state index contributed by atoms with van der Waals surface area (Å²) in [5.74, 6) is -0.275. The molecule has 2 N–H and O–H groups in total. The smallest absolute Gasteiger partial charge is 0.338 e. The van der Waals surface area contributed by atoms with E-state index < -0.39 is 0 Å². The van der Waals surface area contributed by atoms with Crippen LogP contribution < -0.4 is 0 Å². The zero-order valence-corrected chi connectivity index (χ0v) is 7.13. The molecule has 3 nitrogen and oxygen atoms in total. The Labute approximate surface area is 71.3 Å². The van der Waals surface area contributed by atoms with Crippen LogP contribution in [0.1, 0.15) is 15.9 Å². The van der Waals surface area contributed by atoms with Crippen molar-refractivity contribution in [3.05, 3.63) is 35.4 Å². The summed E-state index contributed by atoms with van der Waals surface area (Å²) in [6.07, 6.45) is 0. The second-order valence-corrected chi connectivity index (χ2v) is 2.31. The lowest BCUT2D eigenvalue weighted by molar-refractivity contribution is 0.0600. The molecule has 0 saturated heterocycles. The minimum atomic E-state index is -0.275. The van der Waals surface area contributed by atoms with Crippen molar-refractivity contribution >= 4 is 5.97 Å². The third kappa shape index (κ3) is 2.07. The zero-order chi connectivity index (χ0) is 8.27. The molecule has 66 valence electrons. The van der Waals surface area contributed by atoms with Crippen LogP contribution in [-0.4, -0.2) is 18.6 Å². The average molecular weight is 168 g/mol. The number of ether oxygens (including phenoxy) is 1. The lowest BCUT2D eigenvalue weighted by Crippen LogP contribution is -2.02. The van der Waals surface area contributed by atoms with E-state index in [0.717, 1.165) is 5.56 Å². The van der Waals surface area contributed by atoms with Gasteiger partial charge in [-0.2, -0.15) is 0 Å². The first-order chi connectivity index (χ1) is 5.25. The summed E-state index contributed by atoms with van der Waals surface area (Å²) in [5, 5.41) is 0. The van der Waals surface area contributed by atoms with Crippen LogP contribution >= 0.6 is 0 Å². The lowest BCUT2D eigenvalue weighted by Gasteiger charge is -2.00. The first-order valence-corrected chi connectivity index (χ1v) is 3.39. The van der Waals surface area contributed by atoms with Gasteiger partial charge >= 0.3 is 5.97 Å². The minimum absolute atomic E-state index is 0. The van der Waals surface area contributed by atoms with Crippen molar-refractivity contribution < 1.29 is 15.0 Å². The Kier molecular flexibility index (Phi) is 4.00. The van der Waals surface area contributed by atoms with Gasteiger partial charge in [-0.15, -0.1) is 0 Å². The van der Waals surface area contributed by atoms with E-state index in [9.17, 15) is 4.79 Å². The number of rotatable bonds is 1. The fraction of sp³-hybridized carbons (Fsp3) is 0.222. The normalized spacial score (nSPS) is 8.50. The van der Waals surface area contributed by atoms with Gasteiger partial charge in [0, 0.05) is 0 Å². The van der Waals surface area contributed by atoms with Crippen molar-refractivity contribution in [1.82, 2.24) is 0 Å². The van der Waals surface area contributed by atoms with Crippen LogP contribution in [-0.2, 0) is 4.74 Å². The van der Waals surface area contributed by atoms with Crippen molar-refractivity contribution in [1.29, 1.82) is 0 Å². The summed E-state index contributed by atoms with van der Waals surface area (Å²) in [5.41, 5.74) is 1.58. The molecule has 0 unspecified atom stereocenters. The standard InChI is InChI=1S/C9H10O2.H2O/c1-7-5-3-4-6-8(7)9(10)11-2;/h3-6H,1-2H3;1H2. The van der Waals surface area contributed by atoms with Crippen molar-refractivity contribution in [2.24, 2.45) is 0 Å². The van der Waals surface area contributed by atoms with E-state index in [0.29, 0.717) is 5.56 Å². The third-order valence-corrected chi connectivity index (χ3v) is 1.55. The van der Waals surface area contributed by atoms with E-state index >= 15 is 0 Å². The number of hydrogen-bond donors (Lipinski definition) is 0. The maximum atomic E-state index is 11.0. The second-order valence-electron chi connectivity index (χ2n) is 2.31. The Morgan fingerprint density at radius 2 is 1.92 bits per heavy atom. The molecule has 0 fully saturated rings. The Morgan fingerprint density at radius 1 is 1.33 bits per heavy atom. The molecule has 1 rings (SSSR count). The van der Waals surface area contributed by atoms with Gasteiger partial charge in [-0.05, 0) is 18.6 Å². The number of carbonyl (C=O) groups is 1. The molecule has 3 heteroatoms. The third-order valence-electron chi connectivity index (χ3n) is 1.55. The quantitative estimate of drug-likeness (QED) is 0.586. The van der Waals surface area contributed by atoms with Crippen LogP contribution in [0.5, 0.6) is 0 Å². The fourth-order valence-electron chi connectivity index (χ4n) is 0.912. The molecule has 0 amide bonds. The fourth-order valence-corrected chi connectivity index (χ4v) is 0.912. The summed E-state index contributed by atoms with van der Waals surface area (Å²) in [6, 6.07) is 7.34. The van der Waals surface area contributed by atoms with Gasteiger partial charge in [-0.3, -0.25) is 0 Å². The molecule has 0 aliphatic carbocycles. The largest absolute Gasteiger partial charge is 0.465 e. The van der Waals surface area contributed by atoms with Gasteiger partial charge in [0.1, 0.15) is 0 Å². The summed E-state index contributed by atoms with van der Waals surface area (Å²) < 4.78 is 4.58. The maximum Gasteiger partial charge on any atom is 0.338 e. The van der Waals surface area contributed by atoms with Crippen molar-refractivity contribution in [2.45, 2.75) is 6.92 Å². The maximum absolute atomic E-state index is 11.0. The second kappa shape index (κ2) is 4.51. The average Bonchev–Trinajstić information content (AvgIpc) is 2.04. The SMILES string of the molecule is COC(=O)c1ccccc1C.O. The number of benzene rings is 1. The molecular formula is C9H12O3. The summed E-state index contributed by atoms with van der Waals surface area (Å²) in [7, 11) is 1.38. The highest BCUT2D eigenvalue weighted by Crippen LogP contribution is 2.07. The molecule has 0 atom stereocenters. The molecule has 0 spiro atoms. The monoisotopic (exact) mass is 168 g/mol. The van der Waals surface area contributed by atoms with E-state index in [1.165, 1.54) is 7.11 Å². The Morgan fingerprint density at radius 3 is 2.42 bits per heavy atom. The predicted octanol–water partition coefficient (Wildman–Crippen LogP) is 0.957. The highest BCUT2D eigenvalue weighted by Gasteiger charge is 2.05. The first kappa shape index (κ1) is 10.7. The van der Waals surface area contributed by atoms with Crippen molar-refractivity contribution in [2.75, 3.05) is 7.11 Å². The van der Waals surface area contributed by atoms with Crippen LogP contribution in [0.3, 0.4) is 0 Å². The number of carbonyl (C=O) groups excluding carboxylic acids is 1. The highest BCUT2D eigenvalue weighted by atomic mass is 16.5. The minimum Gasteiger partial charge on any atom is -0.465 e. The van der Waals surface area contributed by atoms with Crippen molar-refractivity contribution in [3.8, 4) is 0 Å². The number of hydrogen-bond acceptors (Lipinski definition) is 2. The van der Waals surface area contributed by atoms with E-state index in [1.807, 2.05) is 25.1 Å². The van der Waals surface area contributed by atoms with Crippen molar-refractivity contribution in [3.63, 3.8) is 0 Å². The Balaban J connectivity index is 0.00000121. The topological polar surface area (TPSA) is 57.8 Å². The molecule has 12 heavy (non-hydrogen) atoms. The van der Waals surface area contributed by atoms with Gasteiger partial charge in [0.25, 0.3) is 0 Å². The van der Waals surface area contributed by atoms with Crippen LogP contribution in [0.15, 0.2) is 24.3 Å². The predicted molar refractivity (Wildman–Crippen MR) is 46.1 cm³/mol. The Bertz CT molecular complexity index is 268. The Hall–Kier alpha value is -1.35. The van der Waals surface area contributed by atoms with Gasteiger partial charge < -0.3 is 10.2 Å².